The minimum absolute atomic E-state index is 0.0893. The summed E-state index contributed by atoms with van der Waals surface area (Å²) in [5.41, 5.74) is 6.88. The third-order valence-electron chi connectivity index (χ3n) is 1.67. The second kappa shape index (κ2) is 4.93. The number of hydrogen-bond acceptors (Lipinski definition) is 2. The molecule has 0 bridgehead atoms. The molecule has 72 valence electrons. The van der Waals surface area contributed by atoms with Gasteiger partial charge in [0.15, 0.2) is 0 Å². The third kappa shape index (κ3) is 3.20. The Bertz CT molecular complexity index is 366. The van der Waals surface area contributed by atoms with Crippen LogP contribution in [0.15, 0.2) is 24.3 Å². The Kier molecular flexibility index (Phi) is 3.57. The Morgan fingerprint density at radius 2 is 2.36 bits per heavy atom. The van der Waals surface area contributed by atoms with Crippen LogP contribution in [0.25, 0.3) is 0 Å². The summed E-state index contributed by atoms with van der Waals surface area (Å²) in [7, 11) is 0. The molecule has 0 radical (unpaired) electrons. The van der Waals surface area contributed by atoms with Crippen molar-refractivity contribution in [2.24, 2.45) is 0 Å². The molecule has 3 nitrogen and oxygen atoms in total. The predicted octanol–water partition coefficient (Wildman–Crippen LogP) is 1.62. The molecule has 1 aromatic rings. The summed E-state index contributed by atoms with van der Waals surface area (Å²) in [6, 6.07) is 7.03. The van der Waals surface area contributed by atoms with Crippen LogP contribution in [0, 0.1) is 12.3 Å². The van der Waals surface area contributed by atoms with Crippen molar-refractivity contribution in [2.75, 3.05) is 11.1 Å². The highest BCUT2D eigenvalue weighted by atomic mass is 16.1. The minimum atomic E-state index is -0.0893. The van der Waals surface area contributed by atoms with Crippen LogP contribution in [-0.2, 0) is 4.79 Å². The first-order chi connectivity index (χ1) is 6.72. The van der Waals surface area contributed by atoms with Crippen LogP contribution in [0.3, 0.4) is 0 Å². The zero-order valence-electron chi connectivity index (χ0n) is 7.79. The molecule has 0 saturated heterocycles. The van der Waals surface area contributed by atoms with Crippen LogP contribution in [0.4, 0.5) is 11.4 Å². The molecule has 0 aromatic heterocycles. The number of rotatable bonds is 3. The maximum Gasteiger partial charge on any atom is 0.225 e. The summed E-state index contributed by atoms with van der Waals surface area (Å²) in [6.07, 6.45) is 5.84. The van der Waals surface area contributed by atoms with E-state index in [0.29, 0.717) is 24.2 Å². The van der Waals surface area contributed by atoms with Crippen molar-refractivity contribution in [3.63, 3.8) is 0 Å². The van der Waals surface area contributed by atoms with Gasteiger partial charge in [0.05, 0.1) is 0 Å². The van der Waals surface area contributed by atoms with Crippen molar-refractivity contribution >= 4 is 17.3 Å². The topological polar surface area (TPSA) is 55.1 Å². The Hall–Kier alpha value is -1.95. The average Bonchev–Trinajstić information content (AvgIpc) is 2.15. The molecule has 1 aromatic carbocycles. The van der Waals surface area contributed by atoms with E-state index in [0.717, 1.165) is 0 Å². The monoisotopic (exact) mass is 188 g/mol. The molecule has 1 rings (SSSR count). The largest absolute Gasteiger partial charge is 0.399 e. The lowest BCUT2D eigenvalue weighted by Gasteiger charge is -2.04. The molecule has 0 unspecified atom stereocenters. The first-order valence-corrected chi connectivity index (χ1v) is 4.31. The van der Waals surface area contributed by atoms with Crippen LogP contribution in [0.2, 0.25) is 0 Å². The van der Waals surface area contributed by atoms with E-state index in [1.54, 1.807) is 24.3 Å². The number of amides is 1. The molecule has 14 heavy (non-hydrogen) atoms. The second-order valence-electron chi connectivity index (χ2n) is 2.88. The van der Waals surface area contributed by atoms with Crippen molar-refractivity contribution in [3.8, 4) is 12.3 Å². The maximum absolute atomic E-state index is 11.2. The van der Waals surface area contributed by atoms with E-state index in [-0.39, 0.29) is 5.91 Å². The number of anilines is 2. The number of hydrogen-bond donors (Lipinski definition) is 2. The lowest BCUT2D eigenvalue weighted by molar-refractivity contribution is -0.116. The van der Waals surface area contributed by atoms with E-state index >= 15 is 0 Å². The summed E-state index contributed by atoms with van der Waals surface area (Å²) in [6.45, 7) is 0. The fraction of sp³-hybridized carbons (Fsp3) is 0.182. The molecular formula is C11H12N2O. The molecule has 3 heteroatoms. The smallest absolute Gasteiger partial charge is 0.225 e. The van der Waals surface area contributed by atoms with E-state index in [9.17, 15) is 4.79 Å². The molecule has 1 amide bonds. The average molecular weight is 188 g/mol. The number of nitrogens with two attached hydrogens (primary N) is 1. The van der Waals surface area contributed by atoms with E-state index in [4.69, 9.17) is 12.2 Å². The van der Waals surface area contributed by atoms with E-state index in [1.165, 1.54) is 0 Å². The van der Waals surface area contributed by atoms with Gasteiger partial charge >= 0.3 is 0 Å². The van der Waals surface area contributed by atoms with Gasteiger partial charge < -0.3 is 11.1 Å². The van der Waals surface area contributed by atoms with Crippen LogP contribution in [0.1, 0.15) is 12.8 Å². The molecule has 0 aliphatic rings. The van der Waals surface area contributed by atoms with E-state index in [1.807, 2.05) is 0 Å². The van der Waals surface area contributed by atoms with Gasteiger partial charge in [0.1, 0.15) is 0 Å². The molecule has 0 aliphatic heterocycles. The summed E-state index contributed by atoms with van der Waals surface area (Å²) < 4.78 is 0. The molecular weight excluding hydrogens is 176 g/mol. The molecule has 3 N–H and O–H groups in total. The molecule has 0 spiro atoms. The van der Waals surface area contributed by atoms with Crippen LogP contribution in [0.5, 0.6) is 0 Å². The van der Waals surface area contributed by atoms with Crippen LogP contribution in [-0.4, -0.2) is 5.91 Å². The zero-order valence-corrected chi connectivity index (χ0v) is 7.79. The third-order valence-corrected chi connectivity index (χ3v) is 1.67. The highest BCUT2D eigenvalue weighted by molar-refractivity contribution is 5.91. The zero-order chi connectivity index (χ0) is 10.4. The lowest BCUT2D eigenvalue weighted by atomic mass is 10.2. The minimum Gasteiger partial charge on any atom is -0.399 e. The van der Waals surface area contributed by atoms with Crippen LogP contribution >= 0.6 is 0 Å². The molecule has 0 atom stereocenters. The van der Waals surface area contributed by atoms with Gasteiger partial charge in [-0.1, -0.05) is 6.07 Å². The molecule has 0 fully saturated rings. The SMILES string of the molecule is C#CCCC(=O)Nc1cccc(N)c1. The van der Waals surface area contributed by atoms with Gasteiger partial charge in [0.25, 0.3) is 0 Å². The normalized spacial score (nSPS) is 9.07. The summed E-state index contributed by atoms with van der Waals surface area (Å²) in [4.78, 5) is 11.2. The maximum atomic E-state index is 11.2. The number of terminal acetylenes is 1. The van der Waals surface area contributed by atoms with Gasteiger partial charge in [0.2, 0.25) is 5.91 Å². The molecule has 0 saturated carbocycles. The Balaban J connectivity index is 2.53. The van der Waals surface area contributed by atoms with Gasteiger partial charge in [-0.05, 0) is 18.2 Å². The van der Waals surface area contributed by atoms with E-state index < -0.39 is 0 Å². The highest BCUT2D eigenvalue weighted by Gasteiger charge is 2.00. The van der Waals surface area contributed by atoms with Gasteiger partial charge in [0, 0.05) is 24.2 Å². The Morgan fingerprint density at radius 3 is 3.00 bits per heavy atom. The van der Waals surface area contributed by atoms with Crippen molar-refractivity contribution < 1.29 is 4.79 Å². The summed E-state index contributed by atoms with van der Waals surface area (Å²) in [5, 5.41) is 2.70. The first-order valence-electron chi connectivity index (χ1n) is 4.31. The van der Waals surface area contributed by atoms with Crippen molar-refractivity contribution in [1.82, 2.24) is 0 Å². The Labute approximate surface area is 83.3 Å². The first kappa shape index (κ1) is 10.1. The number of benzene rings is 1. The van der Waals surface area contributed by atoms with Gasteiger partial charge in [-0.2, -0.15) is 0 Å². The fourth-order valence-corrected chi connectivity index (χ4v) is 1.03. The number of nitrogen functional groups attached to an aromatic ring is 1. The van der Waals surface area contributed by atoms with Crippen LogP contribution < -0.4 is 11.1 Å². The van der Waals surface area contributed by atoms with Crippen molar-refractivity contribution in [3.05, 3.63) is 24.3 Å². The van der Waals surface area contributed by atoms with Crippen molar-refractivity contribution in [2.45, 2.75) is 12.8 Å². The highest BCUT2D eigenvalue weighted by Crippen LogP contribution is 2.11. The molecule has 0 heterocycles. The predicted molar refractivity (Wildman–Crippen MR) is 57.6 cm³/mol. The standard InChI is InChI=1S/C11H12N2O/c1-2-3-7-11(14)13-10-6-4-5-9(12)8-10/h1,4-6,8H,3,7,12H2,(H,13,14). The number of carbonyl (C=O) groups excluding carboxylic acids is 1. The summed E-state index contributed by atoms with van der Waals surface area (Å²) in [5.74, 6) is 2.32. The fourth-order valence-electron chi connectivity index (χ4n) is 1.03. The van der Waals surface area contributed by atoms with Crippen molar-refractivity contribution in [1.29, 1.82) is 0 Å². The van der Waals surface area contributed by atoms with Gasteiger partial charge in [-0.25, -0.2) is 0 Å². The Morgan fingerprint density at radius 1 is 1.57 bits per heavy atom. The quantitative estimate of drug-likeness (QED) is 0.559. The van der Waals surface area contributed by atoms with Gasteiger partial charge in [-0.3, -0.25) is 4.79 Å². The summed E-state index contributed by atoms with van der Waals surface area (Å²) >= 11 is 0. The second-order valence-corrected chi connectivity index (χ2v) is 2.88. The van der Waals surface area contributed by atoms with E-state index in [2.05, 4.69) is 11.2 Å². The van der Waals surface area contributed by atoms with Gasteiger partial charge in [-0.15, -0.1) is 12.3 Å². The number of carbonyl (C=O) groups is 1. The number of nitrogens with one attached hydrogen (secondary N) is 1. The lowest BCUT2D eigenvalue weighted by Crippen LogP contribution is -2.10. The molecule has 0 aliphatic carbocycles.